The molecule has 2 aromatic heterocycles. The molecule has 0 aromatic carbocycles. The topological polar surface area (TPSA) is 72.3 Å². The maximum absolute atomic E-state index is 12.4. The first-order chi connectivity index (χ1) is 13.8. The monoisotopic (exact) mass is 401 g/mol. The molecule has 160 valence electrons. The van der Waals surface area contributed by atoms with Crippen LogP contribution in [0.3, 0.4) is 0 Å². The molecule has 1 fully saturated rings. The van der Waals surface area contributed by atoms with Gasteiger partial charge in [0.2, 0.25) is 11.8 Å². The molecule has 3 heterocycles. The fourth-order valence-electron chi connectivity index (χ4n) is 4.76. The summed E-state index contributed by atoms with van der Waals surface area (Å²) in [7, 11) is 3.49. The molecule has 2 aromatic rings. The number of nitrogens with one attached hydrogen (secondary N) is 1. The van der Waals surface area contributed by atoms with Crippen LogP contribution in [0, 0.1) is 25.7 Å². The molecule has 0 saturated carbocycles. The quantitative estimate of drug-likeness (QED) is 0.772. The molecule has 2 atom stereocenters. The second kappa shape index (κ2) is 9.11. The van der Waals surface area contributed by atoms with Crippen molar-refractivity contribution >= 4 is 16.9 Å². The lowest BCUT2D eigenvalue weighted by Crippen LogP contribution is -2.42. The van der Waals surface area contributed by atoms with Gasteiger partial charge < -0.3 is 15.0 Å². The molecule has 7 heteroatoms. The number of rotatable bonds is 7. The maximum Gasteiger partial charge on any atom is 0.242 e. The second-order valence-corrected chi connectivity index (χ2v) is 8.69. The molecular weight excluding hydrogens is 366 g/mol. The van der Waals surface area contributed by atoms with Gasteiger partial charge in [-0.25, -0.2) is 9.67 Å². The Kier molecular flexibility index (Phi) is 6.77. The van der Waals surface area contributed by atoms with Crippen LogP contribution in [0.1, 0.15) is 43.5 Å². The number of carbonyl (C=O) groups excluding carboxylic acids is 1. The van der Waals surface area contributed by atoms with E-state index < -0.39 is 0 Å². The van der Waals surface area contributed by atoms with Crippen LogP contribution in [0.2, 0.25) is 0 Å². The van der Waals surface area contributed by atoms with Crippen LogP contribution >= 0.6 is 0 Å². The standard InChI is InChI=1S/C22H35N5O2/c1-14-11-15(2)13-27(12-14)10-9-23-19(28)8-7-18-16(3)20-21(24-17(18)4)26(5)25-22(20)29-6/h14-15H,7-13H2,1-6H3,(H,23,28). The third-order valence-corrected chi connectivity index (χ3v) is 6.01. The van der Waals surface area contributed by atoms with Gasteiger partial charge in [-0.05, 0) is 49.7 Å². The number of pyridine rings is 1. The highest BCUT2D eigenvalue weighted by Gasteiger charge is 2.21. The van der Waals surface area contributed by atoms with Gasteiger partial charge in [-0.2, -0.15) is 0 Å². The first-order valence-electron chi connectivity index (χ1n) is 10.7. The molecule has 7 nitrogen and oxygen atoms in total. The largest absolute Gasteiger partial charge is 0.479 e. The maximum atomic E-state index is 12.4. The van der Waals surface area contributed by atoms with Gasteiger partial charge in [0, 0.05) is 45.3 Å². The molecule has 1 amide bonds. The lowest BCUT2D eigenvalue weighted by molar-refractivity contribution is -0.121. The van der Waals surface area contributed by atoms with E-state index in [0.29, 0.717) is 25.3 Å². The number of methoxy groups -OCH3 is 1. The van der Waals surface area contributed by atoms with Gasteiger partial charge in [0.15, 0.2) is 5.65 Å². The molecular formula is C22H35N5O2. The van der Waals surface area contributed by atoms with E-state index in [1.165, 1.54) is 6.42 Å². The normalized spacial score (nSPS) is 20.2. The molecule has 1 aliphatic rings. The summed E-state index contributed by atoms with van der Waals surface area (Å²) in [5.41, 5.74) is 3.97. The molecule has 29 heavy (non-hydrogen) atoms. The van der Waals surface area contributed by atoms with E-state index in [2.05, 4.69) is 36.1 Å². The van der Waals surface area contributed by atoms with Crippen LogP contribution < -0.4 is 10.1 Å². The average molecular weight is 402 g/mol. The highest BCUT2D eigenvalue weighted by Crippen LogP contribution is 2.30. The van der Waals surface area contributed by atoms with Crippen LogP contribution in [0.4, 0.5) is 0 Å². The summed E-state index contributed by atoms with van der Waals surface area (Å²) in [5.74, 6) is 2.17. The number of aromatic nitrogens is 3. The number of piperidine rings is 1. The van der Waals surface area contributed by atoms with Gasteiger partial charge in [-0.3, -0.25) is 4.79 Å². The molecule has 3 rings (SSSR count). The van der Waals surface area contributed by atoms with Crippen molar-refractivity contribution in [3.63, 3.8) is 0 Å². The summed E-state index contributed by atoms with van der Waals surface area (Å²) in [6, 6.07) is 0. The zero-order valence-corrected chi connectivity index (χ0v) is 18.7. The van der Waals surface area contributed by atoms with E-state index in [1.807, 2.05) is 14.0 Å². The summed E-state index contributed by atoms with van der Waals surface area (Å²) in [6.45, 7) is 12.6. The van der Waals surface area contributed by atoms with Gasteiger partial charge in [-0.15, -0.1) is 5.10 Å². The van der Waals surface area contributed by atoms with Crippen molar-refractivity contribution < 1.29 is 9.53 Å². The van der Waals surface area contributed by atoms with Crippen molar-refractivity contribution in [3.05, 3.63) is 16.8 Å². The van der Waals surface area contributed by atoms with E-state index in [0.717, 1.165) is 59.3 Å². The summed E-state index contributed by atoms with van der Waals surface area (Å²) < 4.78 is 7.16. The number of ether oxygens (including phenoxy) is 1. The Balaban J connectivity index is 1.57. The fourth-order valence-corrected chi connectivity index (χ4v) is 4.76. The van der Waals surface area contributed by atoms with Gasteiger partial charge in [0.05, 0.1) is 12.5 Å². The van der Waals surface area contributed by atoms with Crippen LogP contribution in [-0.4, -0.2) is 58.9 Å². The van der Waals surface area contributed by atoms with E-state index >= 15 is 0 Å². The molecule has 0 bridgehead atoms. The lowest BCUT2D eigenvalue weighted by atomic mass is 9.92. The van der Waals surface area contributed by atoms with Crippen LogP contribution in [0.5, 0.6) is 5.88 Å². The number of nitrogens with zero attached hydrogens (tertiary/aromatic N) is 4. The number of amides is 1. The number of hydrogen-bond donors (Lipinski definition) is 1. The van der Waals surface area contributed by atoms with E-state index in [1.54, 1.807) is 11.8 Å². The molecule has 1 saturated heterocycles. The smallest absolute Gasteiger partial charge is 0.242 e. The van der Waals surface area contributed by atoms with Crippen molar-refractivity contribution in [1.29, 1.82) is 0 Å². The van der Waals surface area contributed by atoms with Crippen molar-refractivity contribution in [1.82, 2.24) is 25.0 Å². The Bertz CT molecular complexity index is 866. The average Bonchev–Trinajstić information content (AvgIpc) is 2.96. The molecule has 1 aliphatic heterocycles. The molecule has 0 aliphatic carbocycles. The molecule has 2 unspecified atom stereocenters. The highest BCUT2D eigenvalue weighted by molar-refractivity contribution is 5.86. The summed E-state index contributed by atoms with van der Waals surface area (Å²) in [5, 5.41) is 8.42. The number of hydrogen-bond acceptors (Lipinski definition) is 5. The molecule has 0 spiro atoms. The number of aryl methyl sites for hydroxylation is 3. The van der Waals surface area contributed by atoms with E-state index in [4.69, 9.17) is 9.72 Å². The fraction of sp³-hybridized carbons (Fsp3) is 0.682. The third kappa shape index (κ3) is 4.89. The number of carbonyl (C=O) groups is 1. The first kappa shape index (κ1) is 21.6. The van der Waals surface area contributed by atoms with Gasteiger partial charge in [0.1, 0.15) is 0 Å². The zero-order chi connectivity index (χ0) is 21.1. The molecule has 1 N–H and O–H groups in total. The third-order valence-electron chi connectivity index (χ3n) is 6.01. The van der Waals surface area contributed by atoms with Crippen LogP contribution in [0.15, 0.2) is 0 Å². The highest BCUT2D eigenvalue weighted by atomic mass is 16.5. The minimum atomic E-state index is 0.0974. The van der Waals surface area contributed by atoms with Crippen LogP contribution in [-0.2, 0) is 18.3 Å². The lowest BCUT2D eigenvalue weighted by Gasteiger charge is -2.34. The summed E-state index contributed by atoms with van der Waals surface area (Å²) >= 11 is 0. The van der Waals surface area contributed by atoms with Gasteiger partial charge >= 0.3 is 0 Å². The summed E-state index contributed by atoms with van der Waals surface area (Å²) in [6.07, 6.45) is 2.44. The number of fused-ring (bicyclic) bond motifs is 1. The second-order valence-electron chi connectivity index (χ2n) is 8.69. The van der Waals surface area contributed by atoms with Crippen molar-refractivity contribution in [3.8, 4) is 5.88 Å². The Hall–Kier alpha value is -2.15. The van der Waals surface area contributed by atoms with E-state index in [9.17, 15) is 4.79 Å². The number of likely N-dealkylation sites (tertiary alicyclic amines) is 1. The minimum Gasteiger partial charge on any atom is -0.479 e. The van der Waals surface area contributed by atoms with Crippen molar-refractivity contribution in [2.75, 3.05) is 33.3 Å². The zero-order valence-electron chi connectivity index (χ0n) is 18.7. The SMILES string of the molecule is COc1nn(C)c2nc(C)c(CCC(=O)NCCN3CC(C)CC(C)C3)c(C)c12. The van der Waals surface area contributed by atoms with Gasteiger partial charge in [-0.1, -0.05) is 13.8 Å². The van der Waals surface area contributed by atoms with E-state index in [-0.39, 0.29) is 5.91 Å². The predicted octanol–water partition coefficient (Wildman–Crippen LogP) is 2.62. The van der Waals surface area contributed by atoms with Crippen molar-refractivity contribution in [2.45, 2.75) is 47.0 Å². The van der Waals surface area contributed by atoms with Crippen LogP contribution in [0.25, 0.3) is 11.0 Å². The Morgan fingerprint density at radius 3 is 2.59 bits per heavy atom. The predicted molar refractivity (Wildman–Crippen MR) is 115 cm³/mol. The minimum absolute atomic E-state index is 0.0974. The van der Waals surface area contributed by atoms with Gasteiger partial charge in [0.25, 0.3) is 0 Å². The van der Waals surface area contributed by atoms with Crippen molar-refractivity contribution in [2.24, 2.45) is 18.9 Å². The Labute approximate surface area is 173 Å². The molecule has 0 radical (unpaired) electrons. The Morgan fingerprint density at radius 1 is 1.24 bits per heavy atom. The summed E-state index contributed by atoms with van der Waals surface area (Å²) in [4.78, 5) is 19.6. The first-order valence-corrected chi connectivity index (χ1v) is 10.7. The Morgan fingerprint density at radius 2 is 1.93 bits per heavy atom.